The molecule has 0 bridgehead atoms. The van der Waals surface area contributed by atoms with Crippen LogP contribution >= 0.6 is 0 Å². The minimum Gasteiger partial charge on any atom is -0.490 e. The van der Waals surface area contributed by atoms with Crippen molar-refractivity contribution in [3.05, 3.63) is 47.0 Å². The Balaban J connectivity index is 1.84. The van der Waals surface area contributed by atoms with Gasteiger partial charge in [-0.15, -0.1) is 0 Å². The van der Waals surface area contributed by atoms with E-state index in [9.17, 15) is 9.59 Å². The minimum absolute atomic E-state index is 0.0644. The molecule has 0 spiro atoms. The van der Waals surface area contributed by atoms with Crippen molar-refractivity contribution in [2.75, 3.05) is 0 Å². The number of primary amides is 1. The van der Waals surface area contributed by atoms with Crippen molar-refractivity contribution < 1.29 is 14.3 Å². The lowest BCUT2D eigenvalue weighted by molar-refractivity contribution is 0.0970. The second-order valence-corrected chi connectivity index (χ2v) is 6.65. The van der Waals surface area contributed by atoms with E-state index in [1.165, 1.54) is 0 Å². The molecule has 1 aliphatic rings. The van der Waals surface area contributed by atoms with Crippen LogP contribution in [0, 0.1) is 5.92 Å². The third-order valence-corrected chi connectivity index (χ3v) is 4.84. The number of nitrogens with one attached hydrogen (secondary N) is 1. The van der Waals surface area contributed by atoms with E-state index < -0.39 is 5.91 Å². The average Bonchev–Trinajstić information content (AvgIpc) is 3.07. The molecule has 1 aliphatic carbocycles. The fourth-order valence-electron chi connectivity index (χ4n) is 3.27. The number of fused-ring (bicyclic) bond motifs is 1. The number of aromatic nitrogens is 2. The van der Waals surface area contributed by atoms with Gasteiger partial charge in [-0.3, -0.25) is 9.59 Å². The van der Waals surface area contributed by atoms with E-state index in [0.29, 0.717) is 29.7 Å². The number of rotatable bonds is 6. The summed E-state index contributed by atoms with van der Waals surface area (Å²) in [5.41, 5.74) is 7.28. The summed E-state index contributed by atoms with van der Waals surface area (Å²) < 4.78 is 6.06. The fraction of sp³-hybridized carbons (Fsp3) is 0.421. The molecule has 3 N–H and O–H groups in total. The van der Waals surface area contributed by atoms with E-state index in [-0.39, 0.29) is 17.8 Å². The van der Waals surface area contributed by atoms with Gasteiger partial charge < -0.3 is 15.5 Å². The second kappa shape index (κ2) is 7.09. The second-order valence-electron chi connectivity index (χ2n) is 6.65. The van der Waals surface area contributed by atoms with Gasteiger partial charge in [0.2, 0.25) is 0 Å². The molecular formula is C19H23N3O3. The van der Waals surface area contributed by atoms with Crippen LogP contribution < -0.4 is 10.5 Å². The largest absolute Gasteiger partial charge is 0.490 e. The molecular weight excluding hydrogens is 318 g/mol. The van der Waals surface area contributed by atoms with Gasteiger partial charge in [0.15, 0.2) is 5.78 Å². The van der Waals surface area contributed by atoms with Gasteiger partial charge in [-0.05, 0) is 43.4 Å². The van der Waals surface area contributed by atoms with E-state index >= 15 is 0 Å². The molecule has 132 valence electrons. The Morgan fingerprint density at radius 1 is 1.36 bits per heavy atom. The summed E-state index contributed by atoms with van der Waals surface area (Å²) >= 11 is 0. The molecule has 2 aromatic rings. The Morgan fingerprint density at radius 2 is 2.16 bits per heavy atom. The van der Waals surface area contributed by atoms with Gasteiger partial charge in [0.25, 0.3) is 5.91 Å². The number of ether oxygens (including phenoxy) is 1. The molecule has 1 aromatic heterocycles. The quantitative estimate of drug-likeness (QED) is 0.844. The maximum Gasteiger partial charge on any atom is 0.252 e. The van der Waals surface area contributed by atoms with E-state index in [0.717, 1.165) is 24.2 Å². The third-order valence-electron chi connectivity index (χ3n) is 4.84. The number of H-pyrrole nitrogens is 1. The molecule has 0 aliphatic heterocycles. The number of Topliss-reactive ketones (excluding diaryl/α,β-unsaturated/α-hetero) is 1. The number of hydrogen-bond acceptors (Lipinski definition) is 4. The Labute approximate surface area is 146 Å². The van der Waals surface area contributed by atoms with E-state index in [1.54, 1.807) is 24.5 Å². The molecule has 1 aromatic carbocycles. The van der Waals surface area contributed by atoms with Crippen LogP contribution in [0.2, 0.25) is 0 Å². The van der Waals surface area contributed by atoms with Gasteiger partial charge >= 0.3 is 0 Å². The lowest BCUT2D eigenvalue weighted by Gasteiger charge is -2.25. The van der Waals surface area contributed by atoms with Crippen LogP contribution in [0.1, 0.15) is 58.8 Å². The van der Waals surface area contributed by atoms with Crippen LogP contribution in [0.3, 0.4) is 0 Å². The van der Waals surface area contributed by atoms with Crippen LogP contribution in [0.15, 0.2) is 24.5 Å². The number of carbonyl (C=O) groups excluding carboxylic acids is 2. The summed E-state index contributed by atoms with van der Waals surface area (Å²) in [4.78, 5) is 31.4. The number of imidazole rings is 1. The predicted octanol–water partition coefficient (Wildman–Crippen LogP) is 2.67. The summed E-state index contributed by atoms with van der Waals surface area (Å²) in [7, 11) is 0. The van der Waals surface area contributed by atoms with Crippen LogP contribution in [-0.2, 0) is 12.8 Å². The highest BCUT2D eigenvalue weighted by molar-refractivity contribution is 6.05. The molecule has 0 saturated heterocycles. The lowest BCUT2D eigenvalue weighted by Crippen LogP contribution is -2.27. The van der Waals surface area contributed by atoms with Gasteiger partial charge in [0.05, 0.1) is 11.7 Å². The predicted molar refractivity (Wildman–Crippen MR) is 93.8 cm³/mol. The zero-order valence-electron chi connectivity index (χ0n) is 14.5. The van der Waals surface area contributed by atoms with E-state index in [4.69, 9.17) is 10.5 Å². The molecule has 2 atom stereocenters. The molecule has 6 heteroatoms. The summed E-state index contributed by atoms with van der Waals surface area (Å²) in [6, 6.07) is 3.45. The summed E-state index contributed by atoms with van der Waals surface area (Å²) in [6.45, 7) is 4.03. The normalized spacial score (nSPS) is 16.2. The molecule has 1 amide bonds. The first-order valence-electron chi connectivity index (χ1n) is 8.61. The highest BCUT2D eigenvalue weighted by atomic mass is 16.5. The third kappa shape index (κ3) is 3.57. The van der Waals surface area contributed by atoms with Crippen molar-refractivity contribution in [1.82, 2.24) is 9.97 Å². The topological polar surface area (TPSA) is 98.1 Å². The number of hydrogen-bond donors (Lipinski definition) is 2. The van der Waals surface area contributed by atoms with E-state index in [1.807, 2.05) is 6.92 Å². The van der Waals surface area contributed by atoms with Crippen LogP contribution in [0.25, 0.3) is 0 Å². The van der Waals surface area contributed by atoms with Crippen molar-refractivity contribution in [2.45, 2.75) is 45.6 Å². The first-order chi connectivity index (χ1) is 12.0. The zero-order valence-corrected chi connectivity index (χ0v) is 14.5. The lowest BCUT2D eigenvalue weighted by atomic mass is 9.86. The summed E-state index contributed by atoms with van der Waals surface area (Å²) in [5, 5.41) is 0. The Hall–Kier alpha value is -2.63. The van der Waals surface area contributed by atoms with Gasteiger partial charge in [0, 0.05) is 30.8 Å². The Kier molecular flexibility index (Phi) is 4.88. The summed E-state index contributed by atoms with van der Waals surface area (Å²) in [5.74, 6) is 1.06. The fourth-order valence-corrected chi connectivity index (χ4v) is 3.27. The van der Waals surface area contributed by atoms with Crippen molar-refractivity contribution in [3.8, 4) is 5.75 Å². The number of nitrogens with two attached hydrogens (primary N) is 1. The van der Waals surface area contributed by atoms with Crippen LogP contribution in [0.4, 0.5) is 0 Å². The standard InChI is InChI=1S/C19H23N3O3/c1-11(10-17-21-8-9-22-17)12(2)25-16-7-6-13-14(18(16)19(20)24)4-3-5-15(13)23/h6-9,11-12H,3-5,10H2,1-2H3,(H2,20,24)(H,21,22). The number of amides is 1. The number of aromatic amines is 1. The number of ketones is 1. The molecule has 0 saturated carbocycles. The van der Waals surface area contributed by atoms with Gasteiger partial charge in [-0.1, -0.05) is 6.92 Å². The summed E-state index contributed by atoms with van der Waals surface area (Å²) in [6.07, 6.45) is 6.04. The monoisotopic (exact) mass is 341 g/mol. The highest BCUT2D eigenvalue weighted by Crippen LogP contribution is 2.32. The Morgan fingerprint density at radius 3 is 2.84 bits per heavy atom. The maximum atomic E-state index is 12.1. The maximum absolute atomic E-state index is 12.1. The molecule has 0 fully saturated rings. The first kappa shape index (κ1) is 17.2. The van der Waals surface area contributed by atoms with Crippen LogP contribution in [0.5, 0.6) is 5.75 Å². The minimum atomic E-state index is -0.549. The molecule has 2 unspecified atom stereocenters. The number of nitrogens with zero attached hydrogens (tertiary/aromatic N) is 1. The number of benzene rings is 1. The number of carbonyl (C=O) groups is 2. The molecule has 0 radical (unpaired) electrons. The van der Waals surface area contributed by atoms with Crippen LogP contribution in [-0.4, -0.2) is 27.8 Å². The van der Waals surface area contributed by atoms with Gasteiger partial charge in [0.1, 0.15) is 11.6 Å². The molecule has 25 heavy (non-hydrogen) atoms. The molecule has 3 rings (SSSR count). The SMILES string of the molecule is CC(Cc1ncc[nH]1)C(C)Oc1ccc2c(c1C(N)=O)CCCC2=O. The van der Waals surface area contributed by atoms with Crippen molar-refractivity contribution >= 4 is 11.7 Å². The van der Waals surface area contributed by atoms with Crippen molar-refractivity contribution in [3.63, 3.8) is 0 Å². The van der Waals surface area contributed by atoms with Gasteiger partial charge in [-0.2, -0.15) is 0 Å². The molecule has 1 heterocycles. The first-order valence-corrected chi connectivity index (χ1v) is 8.61. The van der Waals surface area contributed by atoms with Crippen molar-refractivity contribution in [1.29, 1.82) is 0 Å². The van der Waals surface area contributed by atoms with Crippen molar-refractivity contribution in [2.24, 2.45) is 11.7 Å². The van der Waals surface area contributed by atoms with E-state index in [2.05, 4.69) is 16.9 Å². The average molecular weight is 341 g/mol. The molecule has 6 nitrogen and oxygen atoms in total. The highest BCUT2D eigenvalue weighted by Gasteiger charge is 2.26. The Bertz CT molecular complexity index is 783. The zero-order chi connectivity index (χ0) is 18.0. The smallest absolute Gasteiger partial charge is 0.252 e. The van der Waals surface area contributed by atoms with Gasteiger partial charge in [-0.25, -0.2) is 4.98 Å².